The van der Waals surface area contributed by atoms with Gasteiger partial charge in [0.2, 0.25) is 0 Å². The average molecular weight is 480 g/mol. The highest BCUT2D eigenvalue weighted by molar-refractivity contribution is 6.31. The fourth-order valence-electron chi connectivity index (χ4n) is 3.72. The molecule has 0 bridgehead atoms. The Hall–Kier alpha value is -3.05. The lowest BCUT2D eigenvalue weighted by atomic mass is 9.82. The Balaban J connectivity index is 0.000000229. The Bertz CT molecular complexity index is 1300. The Kier molecular flexibility index (Phi) is 7.27. The van der Waals surface area contributed by atoms with E-state index >= 15 is 0 Å². The molecular formula is C28H34ClN3O2. The van der Waals surface area contributed by atoms with Gasteiger partial charge in [0.25, 0.3) is 0 Å². The van der Waals surface area contributed by atoms with Crippen LogP contribution in [0.25, 0.3) is 16.7 Å². The van der Waals surface area contributed by atoms with Crippen LogP contribution in [0.2, 0.25) is 5.02 Å². The number of para-hydroxylation sites is 1. The first-order chi connectivity index (χ1) is 15.8. The summed E-state index contributed by atoms with van der Waals surface area (Å²) in [6.45, 7) is 14.6. The standard InChI is InChI=1S/C17H18ClN3O.C11H16O/c1-10-7-12(17(2,3)4)16(22)15(8-10)21-19-13-6-5-11(18)9-14(13)20-21;1-4-11(2,3)9-7-5-6-8-10(9)12/h5-9,22H,1-4H3;5-8,12H,4H2,1-3H3. The summed E-state index contributed by atoms with van der Waals surface area (Å²) in [5.41, 5.74) is 4.89. The van der Waals surface area contributed by atoms with Gasteiger partial charge in [-0.2, -0.15) is 0 Å². The normalized spacial score (nSPS) is 11.9. The molecule has 0 aliphatic heterocycles. The molecule has 180 valence electrons. The number of nitrogens with zero attached hydrogens (tertiary/aromatic N) is 3. The van der Waals surface area contributed by atoms with E-state index in [0.717, 1.165) is 28.6 Å². The third-order valence-electron chi connectivity index (χ3n) is 6.12. The van der Waals surface area contributed by atoms with Crippen molar-refractivity contribution in [3.05, 3.63) is 76.3 Å². The molecule has 5 nitrogen and oxygen atoms in total. The van der Waals surface area contributed by atoms with E-state index in [2.05, 4.69) is 51.7 Å². The molecule has 1 heterocycles. The molecule has 3 aromatic carbocycles. The lowest BCUT2D eigenvalue weighted by Crippen LogP contribution is -2.15. The molecular weight excluding hydrogens is 446 g/mol. The van der Waals surface area contributed by atoms with Crippen LogP contribution in [0.4, 0.5) is 0 Å². The predicted molar refractivity (Wildman–Crippen MR) is 140 cm³/mol. The number of phenols is 2. The number of hydrogen-bond acceptors (Lipinski definition) is 4. The molecule has 0 aliphatic carbocycles. The summed E-state index contributed by atoms with van der Waals surface area (Å²) in [7, 11) is 0. The van der Waals surface area contributed by atoms with E-state index in [1.54, 1.807) is 18.2 Å². The Morgan fingerprint density at radius 3 is 2.12 bits per heavy atom. The van der Waals surface area contributed by atoms with Crippen LogP contribution in [0.15, 0.2) is 54.6 Å². The first kappa shape index (κ1) is 25.6. The summed E-state index contributed by atoms with van der Waals surface area (Å²) < 4.78 is 0. The van der Waals surface area contributed by atoms with Gasteiger partial charge in [-0.1, -0.05) is 77.4 Å². The topological polar surface area (TPSA) is 71.2 Å². The zero-order valence-electron chi connectivity index (χ0n) is 21.0. The molecule has 1 aromatic heterocycles. The smallest absolute Gasteiger partial charge is 0.146 e. The van der Waals surface area contributed by atoms with Gasteiger partial charge in [-0.15, -0.1) is 15.0 Å². The summed E-state index contributed by atoms with van der Waals surface area (Å²) in [6, 6.07) is 16.8. The second-order valence-corrected chi connectivity index (χ2v) is 10.7. The van der Waals surface area contributed by atoms with Crippen molar-refractivity contribution in [1.29, 1.82) is 0 Å². The number of benzene rings is 3. The SMILES string of the molecule is CCC(C)(C)c1ccccc1O.Cc1cc(-n2nc3ccc(Cl)cc3n2)c(O)c(C(C)(C)C)c1. The van der Waals surface area contributed by atoms with Crippen molar-refractivity contribution >= 4 is 22.6 Å². The van der Waals surface area contributed by atoms with E-state index < -0.39 is 0 Å². The molecule has 0 aliphatic rings. The Morgan fingerprint density at radius 2 is 1.50 bits per heavy atom. The van der Waals surface area contributed by atoms with Crippen LogP contribution in [-0.4, -0.2) is 25.2 Å². The summed E-state index contributed by atoms with van der Waals surface area (Å²) in [4.78, 5) is 1.47. The molecule has 0 fully saturated rings. The van der Waals surface area contributed by atoms with E-state index in [9.17, 15) is 10.2 Å². The van der Waals surface area contributed by atoms with Crippen molar-refractivity contribution in [1.82, 2.24) is 15.0 Å². The van der Waals surface area contributed by atoms with Crippen molar-refractivity contribution < 1.29 is 10.2 Å². The number of halogens is 1. The Labute approximate surface area is 207 Å². The van der Waals surface area contributed by atoms with Crippen LogP contribution in [0, 0.1) is 6.92 Å². The number of hydrogen-bond donors (Lipinski definition) is 2. The van der Waals surface area contributed by atoms with E-state index in [-0.39, 0.29) is 16.6 Å². The number of rotatable bonds is 3. The van der Waals surface area contributed by atoms with E-state index in [4.69, 9.17) is 11.6 Å². The first-order valence-corrected chi connectivity index (χ1v) is 11.9. The number of aryl methyl sites for hydroxylation is 1. The fraction of sp³-hybridized carbons (Fsp3) is 0.357. The summed E-state index contributed by atoms with van der Waals surface area (Å²) in [5, 5.41) is 29.7. The number of phenolic OH excluding ortho intramolecular Hbond substituents is 2. The van der Waals surface area contributed by atoms with Crippen LogP contribution < -0.4 is 0 Å². The van der Waals surface area contributed by atoms with Crippen LogP contribution in [0.5, 0.6) is 11.5 Å². The number of fused-ring (bicyclic) bond motifs is 1. The van der Waals surface area contributed by atoms with Crippen molar-refractivity contribution in [2.75, 3.05) is 0 Å². The van der Waals surface area contributed by atoms with Crippen LogP contribution in [-0.2, 0) is 10.8 Å². The van der Waals surface area contributed by atoms with Gasteiger partial charge in [0.1, 0.15) is 28.2 Å². The van der Waals surface area contributed by atoms with Crippen LogP contribution >= 0.6 is 11.6 Å². The molecule has 0 saturated heterocycles. The minimum absolute atomic E-state index is 0.0747. The third-order valence-corrected chi connectivity index (χ3v) is 6.35. The maximum Gasteiger partial charge on any atom is 0.146 e. The van der Waals surface area contributed by atoms with Gasteiger partial charge in [-0.3, -0.25) is 0 Å². The highest BCUT2D eigenvalue weighted by Gasteiger charge is 2.23. The lowest BCUT2D eigenvalue weighted by Gasteiger charge is -2.23. The van der Waals surface area contributed by atoms with Crippen molar-refractivity contribution in [2.45, 2.75) is 65.7 Å². The van der Waals surface area contributed by atoms with Crippen LogP contribution in [0.3, 0.4) is 0 Å². The molecule has 0 saturated carbocycles. The van der Waals surface area contributed by atoms with Crippen molar-refractivity contribution in [2.24, 2.45) is 0 Å². The van der Waals surface area contributed by atoms with Gasteiger partial charge in [0.15, 0.2) is 0 Å². The van der Waals surface area contributed by atoms with Gasteiger partial charge in [-0.25, -0.2) is 0 Å². The lowest BCUT2D eigenvalue weighted by molar-refractivity contribution is 0.429. The second-order valence-electron chi connectivity index (χ2n) is 10.3. The molecule has 0 spiro atoms. The summed E-state index contributed by atoms with van der Waals surface area (Å²) >= 11 is 5.99. The third kappa shape index (κ3) is 5.53. The minimum Gasteiger partial charge on any atom is -0.508 e. The predicted octanol–water partition coefficient (Wildman–Crippen LogP) is 7.47. The average Bonchev–Trinajstić information content (AvgIpc) is 3.18. The zero-order valence-corrected chi connectivity index (χ0v) is 21.8. The van der Waals surface area contributed by atoms with E-state index in [1.165, 1.54) is 4.80 Å². The molecule has 4 rings (SSSR count). The molecule has 6 heteroatoms. The Morgan fingerprint density at radius 1 is 0.853 bits per heavy atom. The summed E-state index contributed by atoms with van der Waals surface area (Å²) in [5.74, 6) is 0.619. The molecule has 0 amide bonds. The van der Waals surface area contributed by atoms with Gasteiger partial charge < -0.3 is 10.2 Å². The van der Waals surface area contributed by atoms with E-state index in [1.807, 2.05) is 43.3 Å². The summed E-state index contributed by atoms with van der Waals surface area (Å²) in [6.07, 6.45) is 1.03. The minimum atomic E-state index is -0.166. The maximum absolute atomic E-state index is 10.7. The highest BCUT2D eigenvalue weighted by Crippen LogP contribution is 2.36. The van der Waals surface area contributed by atoms with Crippen LogP contribution in [0.1, 0.15) is 64.7 Å². The van der Waals surface area contributed by atoms with Gasteiger partial charge in [-0.05, 0) is 65.6 Å². The monoisotopic (exact) mass is 479 g/mol. The van der Waals surface area contributed by atoms with E-state index in [0.29, 0.717) is 22.0 Å². The van der Waals surface area contributed by atoms with Gasteiger partial charge >= 0.3 is 0 Å². The fourth-order valence-corrected chi connectivity index (χ4v) is 3.88. The van der Waals surface area contributed by atoms with Crippen molar-refractivity contribution in [3.8, 4) is 17.2 Å². The first-order valence-electron chi connectivity index (χ1n) is 11.5. The van der Waals surface area contributed by atoms with Crippen molar-refractivity contribution in [3.63, 3.8) is 0 Å². The van der Waals surface area contributed by atoms with Gasteiger partial charge in [0, 0.05) is 10.6 Å². The molecule has 0 unspecified atom stereocenters. The highest BCUT2D eigenvalue weighted by atomic mass is 35.5. The number of aromatic nitrogens is 3. The molecule has 2 N–H and O–H groups in total. The zero-order chi connectivity index (χ0) is 25.3. The molecule has 0 radical (unpaired) electrons. The molecule has 0 atom stereocenters. The quantitative estimate of drug-likeness (QED) is 0.319. The van der Waals surface area contributed by atoms with Gasteiger partial charge in [0.05, 0.1) is 0 Å². The maximum atomic E-state index is 10.7. The second kappa shape index (κ2) is 9.67. The number of aromatic hydroxyl groups is 2. The molecule has 34 heavy (non-hydrogen) atoms. The molecule has 4 aromatic rings. The largest absolute Gasteiger partial charge is 0.508 e.